The molecule has 2 aromatic rings. The van der Waals surface area contributed by atoms with Gasteiger partial charge in [-0.2, -0.15) is 0 Å². The van der Waals surface area contributed by atoms with Crippen molar-refractivity contribution < 1.29 is 14.7 Å². The predicted octanol–water partition coefficient (Wildman–Crippen LogP) is 1.58. The summed E-state index contributed by atoms with van der Waals surface area (Å²) in [5.74, 6) is -1.91. The SMILES string of the molecule is O=C(Nc1nccnc1C(=O)O)c1cccnc1Br. The Labute approximate surface area is 115 Å². The van der Waals surface area contributed by atoms with Crippen molar-refractivity contribution >= 4 is 33.6 Å². The first kappa shape index (κ1) is 13.1. The van der Waals surface area contributed by atoms with Crippen molar-refractivity contribution in [1.82, 2.24) is 15.0 Å². The number of nitrogens with one attached hydrogen (secondary N) is 1. The van der Waals surface area contributed by atoms with Crippen LogP contribution in [0.1, 0.15) is 20.8 Å². The molecular formula is C11H7BrN4O3. The van der Waals surface area contributed by atoms with Crippen molar-refractivity contribution in [1.29, 1.82) is 0 Å². The number of carbonyl (C=O) groups excluding carboxylic acids is 1. The van der Waals surface area contributed by atoms with Gasteiger partial charge in [-0.05, 0) is 28.1 Å². The number of pyridine rings is 1. The van der Waals surface area contributed by atoms with Gasteiger partial charge >= 0.3 is 5.97 Å². The van der Waals surface area contributed by atoms with Crippen LogP contribution >= 0.6 is 15.9 Å². The molecule has 0 bridgehead atoms. The molecule has 0 radical (unpaired) electrons. The Bertz CT molecular complexity index is 647. The van der Waals surface area contributed by atoms with Gasteiger partial charge in [0, 0.05) is 18.6 Å². The highest BCUT2D eigenvalue weighted by Crippen LogP contribution is 2.15. The topological polar surface area (TPSA) is 105 Å². The van der Waals surface area contributed by atoms with Gasteiger partial charge in [0.2, 0.25) is 0 Å². The number of anilines is 1. The van der Waals surface area contributed by atoms with Gasteiger partial charge in [-0.3, -0.25) is 4.79 Å². The second-order valence-corrected chi connectivity index (χ2v) is 4.11. The summed E-state index contributed by atoms with van der Waals surface area (Å²) in [7, 11) is 0. The van der Waals surface area contributed by atoms with Crippen LogP contribution in [-0.2, 0) is 0 Å². The van der Waals surface area contributed by atoms with Crippen LogP contribution in [-0.4, -0.2) is 31.9 Å². The molecule has 2 aromatic heterocycles. The average molecular weight is 323 g/mol. The highest BCUT2D eigenvalue weighted by molar-refractivity contribution is 9.10. The van der Waals surface area contributed by atoms with E-state index in [0.717, 1.165) is 0 Å². The first-order valence-electron chi connectivity index (χ1n) is 5.05. The van der Waals surface area contributed by atoms with E-state index in [2.05, 4.69) is 36.2 Å². The molecule has 8 heteroatoms. The minimum atomic E-state index is -1.27. The third kappa shape index (κ3) is 2.91. The highest BCUT2D eigenvalue weighted by Gasteiger charge is 2.17. The lowest BCUT2D eigenvalue weighted by Crippen LogP contribution is -2.17. The summed E-state index contributed by atoms with van der Waals surface area (Å²) in [6, 6.07) is 3.14. The number of aromatic carboxylic acids is 1. The molecule has 2 N–H and O–H groups in total. The van der Waals surface area contributed by atoms with Crippen LogP contribution in [0.25, 0.3) is 0 Å². The van der Waals surface area contributed by atoms with Crippen molar-refractivity contribution in [2.45, 2.75) is 0 Å². The lowest BCUT2D eigenvalue weighted by molar-refractivity contribution is 0.0691. The zero-order valence-electron chi connectivity index (χ0n) is 9.37. The van der Waals surface area contributed by atoms with E-state index in [1.807, 2.05) is 0 Å². The molecule has 0 saturated heterocycles. The number of halogens is 1. The molecule has 0 unspecified atom stereocenters. The normalized spacial score (nSPS) is 9.95. The Morgan fingerprint density at radius 3 is 2.58 bits per heavy atom. The number of hydrogen-bond donors (Lipinski definition) is 2. The fourth-order valence-corrected chi connectivity index (χ4v) is 1.75. The highest BCUT2D eigenvalue weighted by atomic mass is 79.9. The lowest BCUT2D eigenvalue weighted by Gasteiger charge is -2.06. The monoisotopic (exact) mass is 322 g/mol. The minimum absolute atomic E-state index is 0.115. The maximum Gasteiger partial charge on any atom is 0.358 e. The van der Waals surface area contributed by atoms with E-state index in [1.165, 1.54) is 18.6 Å². The van der Waals surface area contributed by atoms with Crippen LogP contribution in [0.3, 0.4) is 0 Å². The van der Waals surface area contributed by atoms with Crippen molar-refractivity contribution in [3.05, 3.63) is 46.6 Å². The fourth-order valence-electron chi connectivity index (χ4n) is 1.32. The molecule has 0 aliphatic rings. The van der Waals surface area contributed by atoms with Gasteiger partial charge in [0.25, 0.3) is 5.91 Å². The zero-order chi connectivity index (χ0) is 13.8. The van der Waals surface area contributed by atoms with E-state index >= 15 is 0 Å². The number of rotatable bonds is 3. The molecular weight excluding hydrogens is 316 g/mol. The van der Waals surface area contributed by atoms with Gasteiger partial charge in [0.1, 0.15) is 4.60 Å². The third-order valence-corrected chi connectivity index (χ3v) is 2.77. The fraction of sp³-hybridized carbons (Fsp3) is 0. The molecule has 96 valence electrons. The van der Waals surface area contributed by atoms with Gasteiger partial charge < -0.3 is 10.4 Å². The van der Waals surface area contributed by atoms with E-state index in [1.54, 1.807) is 12.1 Å². The molecule has 0 aliphatic heterocycles. The van der Waals surface area contributed by atoms with E-state index in [4.69, 9.17) is 5.11 Å². The quantitative estimate of drug-likeness (QED) is 0.831. The van der Waals surface area contributed by atoms with Gasteiger partial charge in [-0.25, -0.2) is 19.7 Å². The maximum absolute atomic E-state index is 12.0. The largest absolute Gasteiger partial charge is 0.476 e. The first-order chi connectivity index (χ1) is 9.09. The maximum atomic E-state index is 12.0. The second kappa shape index (κ2) is 5.53. The second-order valence-electron chi connectivity index (χ2n) is 3.35. The molecule has 0 aromatic carbocycles. The Hall–Kier alpha value is -2.35. The van der Waals surface area contributed by atoms with E-state index in [-0.39, 0.29) is 17.1 Å². The lowest BCUT2D eigenvalue weighted by atomic mass is 10.2. The molecule has 7 nitrogen and oxygen atoms in total. The number of aromatic nitrogens is 3. The summed E-state index contributed by atoms with van der Waals surface area (Å²) in [6.45, 7) is 0. The summed E-state index contributed by atoms with van der Waals surface area (Å²) in [5, 5.41) is 11.3. The van der Waals surface area contributed by atoms with Gasteiger partial charge in [-0.15, -0.1) is 0 Å². The third-order valence-electron chi connectivity index (χ3n) is 2.14. The van der Waals surface area contributed by atoms with Gasteiger partial charge in [-0.1, -0.05) is 0 Å². The van der Waals surface area contributed by atoms with Crippen molar-refractivity contribution in [3.63, 3.8) is 0 Å². The molecule has 0 saturated carbocycles. The van der Waals surface area contributed by atoms with E-state index < -0.39 is 11.9 Å². The molecule has 19 heavy (non-hydrogen) atoms. The first-order valence-corrected chi connectivity index (χ1v) is 5.85. The molecule has 2 heterocycles. The van der Waals surface area contributed by atoms with E-state index in [0.29, 0.717) is 4.60 Å². The zero-order valence-corrected chi connectivity index (χ0v) is 11.0. The molecule has 0 aliphatic carbocycles. The molecule has 2 rings (SSSR count). The minimum Gasteiger partial charge on any atom is -0.476 e. The van der Waals surface area contributed by atoms with Crippen molar-refractivity contribution in [2.75, 3.05) is 5.32 Å². The van der Waals surface area contributed by atoms with Gasteiger partial charge in [0.15, 0.2) is 11.5 Å². The average Bonchev–Trinajstić information content (AvgIpc) is 2.39. The number of nitrogens with zero attached hydrogens (tertiary/aromatic N) is 3. The number of carbonyl (C=O) groups is 2. The molecule has 0 fully saturated rings. The number of carboxylic acids is 1. The smallest absolute Gasteiger partial charge is 0.358 e. The van der Waals surface area contributed by atoms with Crippen molar-refractivity contribution in [3.8, 4) is 0 Å². The Kier molecular flexibility index (Phi) is 3.81. The number of hydrogen-bond acceptors (Lipinski definition) is 5. The van der Waals surface area contributed by atoms with Crippen LogP contribution in [0, 0.1) is 0 Å². The molecule has 0 spiro atoms. The summed E-state index contributed by atoms with van der Waals surface area (Å²) in [5.41, 5.74) is -0.0552. The standard InChI is InChI=1S/C11H7BrN4O3/c12-8-6(2-1-3-14-8)10(17)16-9-7(11(18)19)13-4-5-15-9/h1-5H,(H,18,19)(H,15,16,17). The van der Waals surface area contributed by atoms with E-state index in [9.17, 15) is 9.59 Å². The Balaban J connectivity index is 2.30. The van der Waals surface area contributed by atoms with Crippen molar-refractivity contribution in [2.24, 2.45) is 0 Å². The number of amides is 1. The predicted molar refractivity (Wildman–Crippen MR) is 68.9 cm³/mol. The van der Waals surface area contributed by atoms with Crippen LogP contribution in [0.2, 0.25) is 0 Å². The summed E-state index contributed by atoms with van der Waals surface area (Å²) >= 11 is 3.13. The van der Waals surface area contributed by atoms with Crippen LogP contribution in [0.5, 0.6) is 0 Å². The summed E-state index contributed by atoms with van der Waals surface area (Å²) in [6.07, 6.45) is 4.05. The molecule has 0 atom stereocenters. The van der Waals surface area contributed by atoms with Gasteiger partial charge in [0.05, 0.1) is 5.56 Å². The van der Waals surface area contributed by atoms with Crippen LogP contribution in [0.4, 0.5) is 5.82 Å². The van der Waals surface area contributed by atoms with Crippen LogP contribution < -0.4 is 5.32 Å². The Morgan fingerprint density at radius 1 is 1.16 bits per heavy atom. The van der Waals surface area contributed by atoms with Crippen LogP contribution in [0.15, 0.2) is 35.3 Å². The summed E-state index contributed by atoms with van der Waals surface area (Å²) in [4.78, 5) is 34.2. The number of carboxylic acid groups (broad SMARTS) is 1. The summed E-state index contributed by atoms with van der Waals surface area (Å²) < 4.78 is 0.355. The molecule has 1 amide bonds. The Morgan fingerprint density at radius 2 is 1.89 bits per heavy atom.